The van der Waals surface area contributed by atoms with Crippen molar-refractivity contribution in [1.82, 2.24) is 14.9 Å². The van der Waals surface area contributed by atoms with Crippen LogP contribution in [0, 0.1) is 10.6 Å². The smallest absolute Gasteiger partial charge is 0.326 e. The molecule has 0 radical (unpaired) electrons. The minimum absolute atomic E-state index is 0.0437. The molecule has 7 nitrogen and oxygen atoms in total. The van der Waals surface area contributed by atoms with Crippen molar-refractivity contribution in [3.8, 4) is 0 Å². The van der Waals surface area contributed by atoms with Crippen LogP contribution >= 0.6 is 12.2 Å². The van der Waals surface area contributed by atoms with Crippen LogP contribution in [0.3, 0.4) is 0 Å². The van der Waals surface area contributed by atoms with E-state index in [2.05, 4.69) is 10.3 Å². The van der Waals surface area contributed by atoms with Crippen LogP contribution in [-0.4, -0.2) is 27.5 Å². The molecule has 1 aliphatic rings. The lowest BCUT2D eigenvalue weighted by Gasteiger charge is -2.30. The van der Waals surface area contributed by atoms with Crippen LogP contribution < -0.4 is 16.2 Å². The van der Waals surface area contributed by atoms with Crippen molar-refractivity contribution in [3.63, 3.8) is 0 Å². The van der Waals surface area contributed by atoms with Crippen LogP contribution in [0.5, 0.6) is 0 Å². The van der Waals surface area contributed by atoms with Crippen molar-refractivity contribution in [1.29, 1.82) is 0 Å². The topological polar surface area (TPSA) is 96.0 Å². The van der Waals surface area contributed by atoms with Crippen molar-refractivity contribution in [2.24, 2.45) is 0 Å². The Hall–Kier alpha value is -3.80. The second-order valence-corrected chi connectivity index (χ2v) is 7.92. The van der Waals surface area contributed by atoms with Gasteiger partial charge in [0.2, 0.25) is 0 Å². The van der Waals surface area contributed by atoms with Gasteiger partial charge >= 0.3 is 6.18 Å². The molecule has 2 heterocycles. The second kappa shape index (κ2) is 8.52. The van der Waals surface area contributed by atoms with E-state index >= 15 is 0 Å². The molecule has 1 aromatic heterocycles. The number of fused-ring (bicyclic) bond motifs is 1. The highest BCUT2D eigenvalue weighted by atomic mass is 32.1. The molecule has 0 saturated carbocycles. The van der Waals surface area contributed by atoms with Gasteiger partial charge in [0.05, 0.1) is 0 Å². The summed E-state index contributed by atoms with van der Waals surface area (Å²) in [6, 6.07) is 12.7. The number of nitrogens with zero attached hydrogens (tertiary/aromatic N) is 1. The maximum atomic E-state index is 14.4. The highest BCUT2D eigenvalue weighted by Gasteiger charge is 2.68. The number of nitrogens with one attached hydrogen (secondary N) is 3. The van der Waals surface area contributed by atoms with E-state index in [1.54, 1.807) is 35.6 Å². The summed E-state index contributed by atoms with van der Waals surface area (Å²) in [6.45, 7) is 0.0437. The first-order chi connectivity index (χ1) is 16.0. The molecular formula is C22H16F4N4O3S. The van der Waals surface area contributed by atoms with Gasteiger partial charge in [-0.1, -0.05) is 30.3 Å². The number of H-pyrrole nitrogens is 1. The Bertz CT molecular complexity index is 1380. The van der Waals surface area contributed by atoms with Crippen LogP contribution in [0.15, 0.2) is 59.4 Å². The van der Waals surface area contributed by atoms with Gasteiger partial charge in [0.25, 0.3) is 22.9 Å². The Morgan fingerprint density at radius 2 is 1.71 bits per heavy atom. The normalized spacial score (nSPS) is 17.2. The summed E-state index contributed by atoms with van der Waals surface area (Å²) in [6.07, 6.45) is -5.06. The van der Waals surface area contributed by atoms with E-state index in [1.807, 2.05) is 0 Å². The van der Waals surface area contributed by atoms with Crippen molar-refractivity contribution < 1.29 is 27.2 Å². The van der Waals surface area contributed by atoms with Crippen LogP contribution in [0.2, 0.25) is 0 Å². The van der Waals surface area contributed by atoms with E-state index < -0.39 is 46.3 Å². The number of hydrogen-bond acceptors (Lipinski definition) is 4. The van der Waals surface area contributed by atoms with Crippen molar-refractivity contribution in [2.45, 2.75) is 24.7 Å². The zero-order valence-electron chi connectivity index (χ0n) is 17.2. The van der Waals surface area contributed by atoms with Crippen LogP contribution in [-0.2, 0) is 23.3 Å². The summed E-state index contributed by atoms with van der Waals surface area (Å²) < 4.78 is 57.4. The first-order valence-corrected chi connectivity index (χ1v) is 10.3. The zero-order valence-corrected chi connectivity index (χ0v) is 18.0. The quantitative estimate of drug-likeness (QED) is 0.376. The van der Waals surface area contributed by atoms with Gasteiger partial charge < -0.3 is 15.2 Å². The molecule has 3 aromatic rings. The van der Waals surface area contributed by atoms with Gasteiger partial charge in [-0.2, -0.15) is 13.2 Å². The van der Waals surface area contributed by atoms with E-state index in [9.17, 15) is 31.9 Å². The summed E-state index contributed by atoms with van der Waals surface area (Å²) in [4.78, 5) is 40.3. The fourth-order valence-electron chi connectivity index (χ4n) is 3.77. The third kappa shape index (κ3) is 3.89. The Balaban J connectivity index is 1.82. The van der Waals surface area contributed by atoms with Gasteiger partial charge in [0, 0.05) is 12.1 Å². The average molecular weight is 492 g/mol. The highest BCUT2D eigenvalue weighted by Crippen LogP contribution is 2.45. The van der Waals surface area contributed by atoms with Gasteiger partial charge in [0.15, 0.2) is 4.77 Å². The SMILES string of the molecule is O=C(N[C@@]1(C(F)(F)F)C(=O)Nc2c1c(=O)[nH]c(=S)n2CCc1ccccc1)c1ccc(F)cc1. The Kier molecular flexibility index (Phi) is 5.86. The Morgan fingerprint density at radius 1 is 1.06 bits per heavy atom. The minimum Gasteiger partial charge on any atom is -0.326 e. The fourth-order valence-corrected chi connectivity index (χ4v) is 4.04. The predicted molar refractivity (Wildman–Crippen MR) is 116 cm³/mol. The molecule has 0 bridgehead atoms. The van der Waals surface area contributed by atoms with Gasteiger partial charge in [-0.15, -0.1) is 0 Å². The fraction of sp³-hybridized carbons (Fsp3) is 0.182. The molecule has 2 aromatic carbocycles. The number of aryl methyl sites for hydroxylation is 1. The summed E-state index contributed by atoms with van der Waals surface area (Å²) in [5, 5.41) is 3.76. The van der Waals surface area contributed by atoms with E-state index in [1.165, 1.54) is 4.57 Å². The molecule has 1 aliphatic heterocycles. The Labute approximate surface area is 194 Å². The number of aromatic nitrogens is 2. The first-order valence-electron chi connectivity index (χ1n) is 9.92. The average Bonchev–Trinajstić information content (AvgIpc) is 3.08. The molecule has 34 heavy (non-hydrogen) atoms. The third-order valence-corrected chi connectivity index (χ3v) is 5.77. The number of aromatic amines is 1. The lowest BCUT2D eigenvalue weighted by molar-refractivity contribution is -0.196. The number of anilines is 1. The van der Waals surface area contributed by atoms with Crippen LogP contribution in [0.4, 0.5) is 23.4 Å². The van der Waals surface area contributed by atoms with Crippen LogP contribution in [0.1, 0.15) is 21.5 Å². The summed E-state index contributed by atoms with van der Waals surface area (Å²) >= 11 is 5.13. The van der Waals surface area contributed by atoms with E-state index in [0.29, 0.717) is 6.42 Å². The Morgan fingerprint density at radius 3 is 2.32 bits per heavy atom. The summed E-state index contributed by atoms with van der Waals surface area (Å²) in [7, 11) is 0. The van der Waals surface area contributed by atoms with Crippen molar-refractivity contribution >= 4 is 29.9 Å². The number of halogens is 4. The maximum absolute atomic E-state index is 14.4. The van der Waals surface area contributed by atoms with E-state index in [-0.39, 0.29) is 16.9 Å². The number of hydrogen-bond donors (Lipinski definition) is 3. The summed E-state index contributed by atoms with van der Waals surface area (Å²) in [5.74, 6) is -4.14. The van der Waals surface area contributed by atoms with Gasteiger partial charge in [-0.25, -0.2) is 4.39 Å². The van der Waals surface area contributed by atoms with E-state index in [0.717, 1.165) is 29.8 Å². The van der Waals surface area contributed by atoms with Gasteiger partial charge in [0.1, 0.15) is 17.2 Å². The largest absolute Gasteiger partial charge is 0.425 e. The molecule has 0 fully saturated rings. The number of alkyl halides is 3. The molecule has 0 saturated heterocycles. The number of rotatable bonds is 5. The van der Waals surface area contributed by atoms with Crippen molar-refractivity contribution in [3.05, 3.63) is 92.2 Å². The molecule has 0 spiro atoms. The molecular weight excluding hydrogens is 476 g/mol. The van der Waals surface area contributed by atoms with Crippen LogP contribution in [0.25, 0.3) is 0 Å². The monoisotopic (exact) mass is 492 g/mol. The van der Waals surface area contributed by atoms with E-state index in [4.69, 9.17) is 12.2 Å². The van der Waals surface area contributed by atoms with Gasteiger partial charge in [-0.05, 0) is 48.5 Å². The molecule has 2 amide bonds. The lowest BCUT2D eigenvalue weighted by Crippen LogP contribution is -2.61. The molecule has 0 aliphatic carbocycles. The molecule has 176 valence electrons. The number of benzene rings is 2. The first kappa shape index (κ1) is 23.4. The van der Waals surface area contributed by atoms with Crippen molar-refractivity contribution in [2.75, 3.05) is 5.32 Å². The minimum atomic E-state index is -5.40. The molecule has 3 N–H and O–H groups in total. The molecule has 1 atom stereocenters. The zero-order chi connectivity index (χ0) is 24.7. The van der Waals surface area contributed by atoms with Gasteiger partial charge in [-0.3, -0.25) is 19.4 Å². The maximum Gasteiger partial charge on any atom is 0.425 e. The molecule has 0 unspecified atom stereocenters. The molecule has 12 heteroatoms. The second-order valence-electron chi connectivity index (χ2n) is 7.53. The highest BCUT2D eigenvalue weighted by molar-refractivity contribution is 7.71. The number of carbonyl (C=O) groups excluding carboxylic acids is 2. The lowest BCUT2D eigenvalue weighted by atomic mass is 9.91. The number of amides is 2. The standard InChI is InChI=1S/C22H16F4N4O3S/c23-14-8-6-13(7-9-14)17(31)29-21(22(24,25)26)15-16(27-19(21)33)30(20(34)28-18(15)32)11-10-12-4-2-1-3-5-12/h1-9H,10-11H2,(H,27,33)(H,29,31)(H,28,32,34)/t21-/m1/s1. The predicted octanol–water partition coefficient (Wildman–Crippen LogP) is 3.43. The number of carbonyl (C=O) groups is 2. The summed E-state index contributed by atoms with van der Waals surface area (Å²) in [5.41, 5.74) is -5.47. The molecule has 4 rings (SSSR count). The third-order valence-electron chi connectivity index (χ3n) is 5.45.